The number of ether oxygens (including phenoxy) is 1. The van der Waals surface area contributed by atoms with Crippen molar-refractivity contribution in [3.8, 4) is 0 Å². The van der Waals surface area contributed by atoms with E-state index in [4.69, 9.17) is 15.6 Å². The number of rotatable bonds is 6. The normalized spacial score (nSPS) is 12.4. The van der Waals surface area contributed by atoms with E-state index >= 15 is 0 Å². The second kappa shape index (κ2) is 6.24. The van der Waals surface area contributed by atoms with Crippen LogP contribution >= 0.6 is 0 Å². The topological polar surface area (TPSA) is 93.3 Å². The van der Waals surface area contributed by atoms with E-state index in [1.165, 1.54) is 6.33 Å². The average molecular weight is 226 g/mol. The van der Waals surface area contributed by atoms with Gasteiger partial charge in [0.05, 0.1) is 12.6 Å². The number of nitrogens with two attached hydrogens (primary N) is 1. The Kier molecular flexibility index (Phi) is 4.94. The van der Waals surface area contributed by atoms with Gasteiger partial charge in [0.25, 0.3) is 0 Å². The van der Waals surface area contributed by atoms with Crippen molar-refractivity contribution in [1.29, 1.82) is 0 Å². The summed E-state index contributed by atoms with van der Waals surface area (Å²) in [5, 5.41) is 12.1. The van der Waals surface area contributed by atoms with Crippen molar-refractivity contribution in [3.63, 3.8) is 0 Å². The fourth-order valence-corrected chi connectivity index (χ4v) is 1.36. The number of hydrogen-bond acceptors (Lipinski definition) is 6. The van der Waals surface area contributed by atoms with Gasteiger partial charge in [0.1, 0.15) is 18.0 Å². The zero-order chi connectivity index (χ0) is 12.0. The highest BCUT2D eigenvalue weighted by atomic mass is 16.5. The Morgan fingerprint density at radius 1 is 1.56 bits per heavy atom. The zero-order valence-corrected chi connectivity index (χ0v) is 9.60. The molecule has 90 valence electrons. The molecule has 1 atom stereocenters. The number of aromatic nitrogens is 2. The first-order chi connectivity index (χ1) is 7.69. The lowest BCUT2D eigenvalue weighted by atomic mass is 10.2. The summed E-state index contributed by atoms with van der Waals surface area (Å²) in [6.07, 6.45) is 2.00. The maximum Gasteiger partial charge on any atom is 0.134 e. The molecule has 4 N–H and O–H groups in total. The number of nitrogens with one attached hydrogen (secondary N) is 1. The Hall–Kier alpha value is -1.40. The molecular weight excluding hydrogens is 208 g/mol. The van der Waals surface area contributed by atoms with Gasteiger partial charge >= 0.3 is 0 Å². The van der Waals surface area contributed by atoms with Crippen LogP contribution in [0.1, 0.15) is 12.0 Å². The molecule has 1 aromatic rings. The maximum absolute atomic E-state index is 8.91. The molecule has 0 amide bonds. The van der Waals surface area contributed by atoms with Crippen LogP contribution < -0.4 is 11.1 Å². The van der Waals surface area contributed by atoms with Crippen LogP contribution in [0.4, 0.5) is 11.6 Å². The van der Waals surface area contributed by atoms with Gasteiger partial charge in [-0.3, -0.25) is 0 Å². The number of nitrogens with zero attached hydrogens (tertiary/aromatic N) is 2. The Balaban J connectivity index is 2.72. The first-order valence-electron chi connectivity index (χ1n) is 5.12. The molecule has 0 aliphatic carbocycles. The van der Waals surface area contributed by atoms with E-state index in [1.54, 1.807) is 7.11 Å². The summed E-state index contributed by atoms with van der Waals surface area (Å²) < 4.78 is 5.05. The van der Waals surface area contributed by atoms with E-state index in [1.807, 2.05) is 6.92 Å². The minimum atomic E-state index is 0.0167. The number of anilines is 2. The second-order valence-corrected chi connectivity index (χ2v) is 3.54. The fourth-order valence-electron chi connectivity index (χ4n) is 1.36. The fraction of sp³-hybridized carbons (Fsp3) is 0.600. The minimum Gasteiger partial charge on any atom is -0.396 e. The predicted octanol–water partition coefficient (Wildman–Crippen LogP) is 0.177. The smallest absolute Gasteiger partial charge is 0.134 e. The van der Waals surface area contributed by atoms with Crippen LogP contribution in [0.25, 0.3) is 0 Å². The quantitative estimate of drug-likeness (QED) is 0.640. The Bertz CT molecular complexity index is 327. The highest BCUT2D eigenvalue weighted by Crippen LogP contribution is 2.16. The standard InChI is InChI=1S/C10H18N4O2/c1-7-9(11)12-6-13-10(7)14-8(3-4-15)5-16-2/h6,8,15H,3-5H2,1-2H3,(H3,11,12,13,14). The summed E-state index contributed by atoms with van der Waals surface area (Å²) in [6.45, 7) is 2.45. The van der Waals surface area contributed by atoms with Gasteiger partial charge in [0, 0.05) is 19.3 Å². The molecule has 0 saturated carbocycles. The lowest BCUT2D eigenvalue weighted by Gasteiger charge is -2.18. The summed E-state index contributed by atoms with van der Waals surface area (Å²) in [5.41, 5.74) is 6.48. The van der Waals surface area contributed by atoms with Gasteiger partial charge in [-0.1, -0.05) is 0 Å². The first kappa shape index (κ1) is 12.7. The molecule has 16 heavy (non-hydrogen) atoms. The Labute approximate surface area is 94.9 Å². The third kappa shape index (κ3) is 3.32. The maximum atomic E-state index is 8.91. The van der Waals surface area contributed by atoms with Crippen LogP contribution in [-0.2, 0) is 4.74 Å². The molecule has 0 aliphatic heterocycles. The van der Waals surface area contributed by atoms with E-state index in [0.29, 0.717) is 24.7 Å². The highest BCUT2D eigenvalue weighted by molar-refractivity contribution is 5.54. The SMILES string of the molecule is COCC(CCO)Nc1ncnc(N)c1C. The van der Waals surface area contributed by atoms with Gasteiger partial charge in [-0.2, -0.15) is 0 Å². The molecule has 6 nitrogen and oxygen atoms in total. The number of aliphatic hydroxyl groups is 1. The number of nitrogen functional groups attached to an aromatic ring is 1. The average Bonchev–Trinajstić information content (AvgIpc) is 2.25. The van der Waals surface area contributed by atoms with Gasteiger partial charge in [0.15, 0.2) is 0 Å². The van der Waals surface area contributed by atoms with E-state index in [2.05, 4.69) is 15.3 Å². The van der Waals surface area contributed by atoms with Gasteiger partial charge in [-0.15, -0.1) is 0 Å². The number of methoxy groups -OCH3 is 1. The van der Waals surface area contributed by atoms with E-state index < -0.39 is 0 Å². The Morgan fingerprint density at radius 2 is 2.31 bits per heavy atom. The summed E-state index contributed by atoms with van der Waals surface area (Å²) in [4.78, 5) is 7.99. The van der Waals surface area contributed by atoms with E-state index in [0.717, 1.165) is 5.56 Å². The lowest BCUT2D eigenvalue weighted by molar-refractivity contribution is 0.170. The highest BCUT2D eigenvalue weighted by Gasteiger charge is 2.11. The molecule has 0 bridgehead atoms. The molecule has 0 fully saturated rings. The minimum absolute atomic E-state index is 0.0167. The van der Waals surface area contributed by atoms with Crippen LogP contribution in [0.3, 0.4) is 0 Å². The van der Waals surface area contributed by atoms with Crippen LogP contribution in [0, 0.1) is 6.92 Å². The second-order valence-electron chi connectivity index (χ2n) is 3.54. The first-order valence-corrected chi connectivity index (χ1v) is 5.12. The number of aliphatic hydroxyl groups excluding tert-OH is 1. The zero-order valence-electron chi connectivity index (χ0n) is 9.60. The van der Waals surface area contributed by atoms with Crippen molar-refractivity contribution in [2.45, 2.75) is 19.4 Å². The van der Waals surface area contributed by atoms with Crippen molar-refractivity contribution in [3.05, 3.63) is 11.9 Å². The lowest BCUT2D eigenvalue weighted by Crippen LogP contribution is -2.27. The van der Waals surface area contributed by atoms with Crippen molar-refractivity contribution in [1.82, 2.24) is 9.97 Å². The molecule has 0 radical (unpaired) electrons. The molecule has 6 heteroatoms. The Morgan fingerprint density at radius 3 is 2.94 bits per heavy atom. The summed E-state index contributed by atoms with van der Waals surface area (Å²) >= 11 is 0. The largest absolute Gasteiger partial charge is 0.396 e. The summed E-state index contributed by atoms with van der Waals surface area (Å²) in [6, 6.07) is 0.0167. The molecule has 0 aromatic carbocycles. The van der Waals surface area contributed by atoms with Crippen molar-refractivity contribution in [2.24, 2.45) is 0 Å². The van der Waals surface area contributed by atoms with Crippen LogP contribution in [0.15, 0.2) is 6.33 Å². The molecular formula is C10H18N4O2. The summed E-state index contributed by atoms with van der Waals surface area (Å²) in [7, 11) is 1.62. The van der Waals surface area contributed by atoms with E-state index in [9.17, 15) is 0 Å². The van der Waals surface area contributed by atoms with Crippen LogP contribution in [-0.4, -0.2) is 41.4 Å². The molecule has 1 rings (SSSR count). The van der Waals surface area contributed by atoms with Crippen LogP contribution in [0.5, 0.6) is 0 Å². The van der Waals surface area contributed by atoms with Crippen LogP contribution in [0.2, 0.25) is 0 Å². The molecule has 1 aromatic heterocycles. The monoisotopic (exact) mass is 226 g/mol. The summed E-state index contributed by atoms with van der Waals surface area (Å²) in [5.74, 6) is 1.14. The molecule has 1 unspecified atom stereocenters. The molecule has 0 aliphatic rings. The van der Waals surface area contributed by atoms with Gasteiger partial charge in [-0.05, 0) is 13.3 Å². The molecule has 0 spiro atoms. The molecule has 0 saturated heterocycles. The van der Waals surface area contributed by atoms with Crippen molar-refractivity contribution < 1.29 is 9.84 Å². The number of hydrogen-bond donors (Lipinski definition) is 3. The van der Waals surface area contributed by atoms with E-state index in [-0.39, 0.29) is 12.6 Å². The van der Waals surface area contributed by atoms with Gasteiger partial charge < -0.3 is 20.9 Å². The third-order valence-electron chi connectivity index (χ3n) is 2.31. The van der Waals surface area contributed by atoms with Gasteiger partial charge in [-0.25, -0.2) is 9.97 Å². The van der Waals surface area contributed by atoms with Crippen molar-refractivity contribution >= 4 is 11.6 Å². The van der Waals surface area contributed by atoms with Crippen molar-refractivity contribution in [2.75, 3.05) is 31.4 Å². The predicted molar refractivity (Wildman–Crippen MR) is 62.2 cm³/mol. The third-order valence-corrected chi connectivity index (χ3v) is 2.31. The van der Waals surface area contributed by atoms with Gasteiger partial charge in [0.2, 0.25) is 0 Å². The molecule has 1 heterocycles.